The fourth-order valence-corrected chi connectivity index (χ4v) is 4.15. The predicted octanol–water partition coefficient (Wildman–Crippen LogP) is 3.99. The normalized spacial score (nSPS) is 12.7. The molecule has 10 heteroatoms. The number of hydrogen-bond donors (Lipinski definition) is 1. The van der Waals surface area contributed by atoms with Crippen LogP contribution in [0.3, 0.4) is 0 Å². The molecular weight excluding hydrogens is 394 g/mol. The quantitative estimate of drug-likeness (QED) is 0.830. The minimum Gasteiger partial charge on any atom is -0.211 e. The van der Waals surface area contributed by atoms with Gasteiger partial charge >= 0.3 is 6.18 Å². The van der Waals surface area contributed by atoms with Gasteiger partial charge in [-0.1, -0.05) is 39.1 Å². The van der Waals surface area contributed by atoms with Crippen LogP contribution in [-0.4, -0.2) is 21.1 Å². The van der Waals surface area contributed by atoms with E-state index >= 15 is 0 Å². The molecular formula is C9H7BrCl2F3NO2S. The van der Waals surface area contributed by atoms with Gasteiger partial charge in [-0.3, -0.25) is 0 Å². The number of halogens is 6. The Morgan fingerprint density at radius 2 is 1.68 bits per heavy atom. The number of hydrogen-bond acceptors (Lipinski definition) is 2. The highest BCUT2D eigenvalue weighted by atomic mass is 79.9. The molecule has 1 N–H and O–H groups in total. The highest BCUT2D eigenvalue weighted by Gasteiger charge is 2.28. The molecule has 1 rings (SSSR count). The molecule has 0 saturated heterocycles. The molecule has 1 aromatic carbocycles. The van der Waals surface area contributed by atoms with E-state index in [1.807, 2.05) is 0 Å². The van der Waals surface area contributed by atoms with Gasteiger partial charge in [-0.2, -0.15) is 13.2 Å². The minimum atomic E-state index is -4.45. The number of rotatable bonds is 4. The van der Waals surface area contributed by atoms with E-state index in [4.69, 9.17) is 23.2 Å². The lowest BCUT2D eigenvalue weighted by Gasteiger charge is -2.11. The molecule has 0 aliphatic carbocycles. The highest BCUT2D eigenvalue weighted by Crippen LogP contribution is 2.32. The van der Waals surface area contributed by atoms with Crippen molar-refractivity contribution in [2.75, 3.05) is 6.54 Å². The molecule has 0 atom stereocenters. The molecule has 19 heavy (non-hydrogen) atoms. The van der Waals surface area contributed by atoms with Crippen molar-refractivity contribution in [1.82, 2.24) is 4.72 Å². The molecule has 3 nitrogen and oxygen atoms in total. The maximum absolute atomic E-state index is 12.0. The lowest BCUT2D eigenvalue weighted by molar-refractivity contribution is -0.132. The van der Waals surface area contributed by atoms with Gasteiger partial charge in [0.1, 0.15) is 4.90 Å². The maximum Gasteiger partial charge on any atom is 0.390 e. The zero-order valence-electron chi connectivity index (χ0n) is 9.06. The van der Waals surface area contributed by atoms with E-state index in [-0.39, 0.29) is 10.0 Å². The molecule has 0 aliphatic heterocycles. The second kappa shape index (κ2) is 6.17. The van der Waals surface area contributed by atoms with Gasteiger partial charge in [0, 0.05) is 11.0 Å². The first kappa shape index (κ1) is 17.0. The molecule has 0 bridgehead atoms. The van der Waals surface area contributed by atoms with Crippen molar-refractivity contribution in [1.29, 1.82) is 0 Å². The Balaban J connectivity index is 2.96. The van der Waals surface area contributed by atoms with Gasteiger partial charge in [-0.05, 0) is 12.1 Å². The fraction of sp³-hybridized carbons (Fsp3) is 0.333. The van der Waals surface area contributed by atoms with Gasteiger partial charge < -0.3 is 0 Å². The van der Waals surface area contributed by atoms with E-state index in [9.17, 15) is 21.6 Å². The second-order valence-electron chi connectivity index (χ2n) is 3.46. The third-order valence-electron chi connectivity index (χ3n) is 1.93. The largest absolute Gasteiger partial charge is 0.390 e. The van der Waals surface area contributed by atoms with E-state index in [1.165, 1.54) is 12.1 Å². The molecule has 0 spiro atoms. The molecule has 108 valence electrons. The summed E-state index contributed by atoms with van der Waals surface area (Å²) >= 11 is 14.5. The first-order valence-electron chi connectivity index (χ1n) is 4.74. The van der Waals surface area contributed by atoms with Crippen LogP contribution in [0, 0.1) is 0 Å². The summed E-state index contributed by atoms with van der Waals surface area (Å²) in [6, 6.07) is 2.57. The van der Waals surface area contributed by atoms with Crippen LogP contribution in [0.15, 0.2) is 21.5 Å². The summed E-state index contributed by atoms with van der Waals surface area (Å²) in [5.74, 6) is 0. The average Bonchev–Trinajstić information content (AvgIpc) is 2.11. The Morgan fingerprint density at radius 3 is 2.11 bits per heavy atom. The van der Waals surface area contributed by atoms with E-state index in [0.717, 1.165) is 0 Å². The summed E-state index contributed by atoms with van der Waals surface area (Å²) < 4.78 is 61.7. The topological polar surface area (TPSA) is 46.2 Å². The first-order valence-corrected chi connectivity index (χ1v) is 7.77. The van der Waals surface area contributed by atoms with Crippen LogP contribution in [0.4, 0.5) is 13.2 Å². The molecule has 0 heterocycles. The second-order valence-corrected chi connectivity index (χ2v) is 6.90. The van der Waals surface area contributed by atoms with Gasteiger partial charge in [-0.15, -0.1) is 0 Å². The summed E-state index contributed by atoms with van der Waals surface area (Å²) in [5, 5.41) is -0.363. The van der Waals surface area contributed by atoms with Crippen LogP contribution in [0.1, 0.15) is 6.42 Å². The standard InChI is InChI=1S/C9H7BrCl2F3NO2S/c10-5-3-6(11)8(7(12)4-5)19(17,18)16-2-1-9(13,14)15/h3-4,16H,1-2H2. The van der Waals surface area contributed by atoms with Gasteiger partial charge in [0.15, 0.2) is 0 Å². The Bertz CT molecular complexity index is 554. The number of sulfonamides is 1. The third kappa shape index (κ3) is 5.11. The van der Waals surface area contributed by atoms with Crippen LogP contribution >= 0.6 is 39.1 Å². The predicted molar refractivity (Wildman–Crippen MR) is 70.0 cm³/mol. The molecule has 1 aromatic rings. The van der Waals surface area contributed by atoms with Gasteiger partial charge in [-0.25, -0.2) is 13.1 Å². The highest BCUT2D eigenvalue weighted by molar-refractivity contribution is 9.10. The number of benzene rings is 1. The summed E-state index contributed by atoms with van der Waals surface area (Å²) in [6.07, 6.45) is -5.73. The summed E-state index contributed by atoms with van der Waals surface area (Å²) in [6.45, 7) is -0.783. The molecule has 0 amide bonds. The molecule has 0 aromatic heterocycles. The molecule has 0 aliphatic rings. The summed E-state index contributed by atoms with van der Waals surface area (Å²) in [4.78, 5) is -0.443. The van der Waals surface area contributed by atoms with Crippen molar-refractivity contribution in [2.24, 2.45) is 0 Å². The smallest absolute Gasteiger partial charge is 0.211 e. The summed E-state index contributed by atoms with van der Waals surface area (Å²) in [5.41, 5.74) is 0. The van der Waals surface area contributed by atoms with Crippen molar-refractivity contribution >= 4 is 49.2 Å². The monoisotopic (exact) mass is 399 g/mol. The lowest BCUT2D eigenvalue weighted by atomic mass is 10.4. The van der Waals surface area contributed by atoms with E-state index in [2.05, 4.69) is 15.9 Å². The molecule has 0 unspecified atom stereocenters. The van der Waals surface area contributed by atoms with Gasteiger partial charge in [0.2, 0.25) is 10.0 Å². The van der Waals surface area contributed by atoms with Crippen LogP contribution in [0.25, 0.3) is 0 Å². The minimum absolute atomic E-state index is 0.182. The zero-order valence-corrected chi connectivity index (χ0v) is 13.0. The molecule has 0 saturated carbocycles. The number of nitrogens with one attached hydrogen (secondary N) is 1. The van der Waals surface area contributed by atoms with Crippen LogP contribution in [0.2, 0.25) is 10.0 Å². The maximum atomic E-state index is 12.0. The van der Waals surface area contributed by atoms with Crippen LogP contribution in [0.5, 0.6) is 0 Å². The van der Waals surface area contributed by atoms with E-state index in [1.54, 1.807) is 4.72 Å². The van der Waals surface area contributed by atoms with Crippen LogP contribution < -0.4 is 4.72 Å². The Labute approximate surface area is 126 Å². The fourth-order valence-electron chi connectivity index (χ4n) is 1.18. The van der Waals surface area contributed by atoms with Crippen molar-refractivity contribution in [3.63, 3.8) is 0 Å². The number of alkyl halides is 3. The Kier molecular flexibility index (Phi) is 5.53. The van der Waals surface area contributed by atoms with Crippen molar-refractivity contribution in [3.8, 4) is 0 Å². The molecule has 0 fully saturated rings. The Morgan fingerprint density at radius 1 is 1.21 bits per heavy atom. The average molecular weight is 401 g/mol. The lowest BCUT2D eigenvalue weighted by Crippen LogP contribution is -2.28. The summed E-state index contributed by atoms with van der Waals surface area (Å²) in [7, 11) is -4.20. The van der Waals surface area contributed by atoms with Gasteiger partial charge in [0.25, 0.3) is 0 Å². The van der Waals surface area contributed by atoms with Gasteiger partial charge in [0.05, 0.1) is 16.5 Å². The SMILES string of the molecule is O=S(=O)(NCCC(F)(F)F)c1c(Cl)cc(Br)cc1Cl. The zero-order chi connectivity index (χ0) is 14.8. The van der Waals surface area contributed by atoms with Crippen molar-refractivity contribution in [3.05, 3.63) is 26.7 Å². The van der Waals surface area contributed by atoms with E-state index < -0.39 is 34.1 Å². The van der Waals surface area contributed by atoms with Crippen LogP contribution in [-0.2, 0) is 10.0 Å². The molecule has 0 radical (unpaired) electrons. The van der Waals surface area contributed by atoms with E-state index in [0.29, 0.717) is 4.47 Å². The third-order valence-corrected chi connectivity index (χ3v) is 4.77. The van der Waals surface area contributed by atoms with Crippen molar-refractivity contribution in [2.45, 2.75) is 17.5 Å². The Hall–Kier alpha value is -0.0200. The van der Waals surface area contributed by atoms with Crippen molar-refractivity contribution < 1.29 is 21.6 Å². The first-order chi connectivity index (χ1) is 8.53.